The summed E-state index contributed by atoms with van der Waals surface area (Å²) in [6.45, 7) is 5.33. The molecule has 0 unspecified atom stereocenters. The fraction of sp³-hybridized carbons (Fsp3) is 0.667. The number of halogens is 4. The predicted molar refractivity (Wildman–Crippen MR) is 104 cm³/mol. The smallest absolute Gasteiger partial charge is 0.371 e. The lowest BCUT2D eigenvalue weighted by Gasteiger charge is -2.35. The molecule has 0 spiro atoms. The highest BCUT2D eigenvalue weighted by atomic mass is 19.4. The Morgan fingerprint density at radius 2 is 1.97 bits per heavy atom. The molecule has 1 aliphatic carbocycles. The first-order valence-electron chi connectivity index (χ1n) is 10.1. The van der Waals surface area contributed by atoms with E-state index < -0.39 is 17.6 Å². The van der Waals surface area contributed by atoms with E-state index in [4.69, 9.17) is 5.73 Å². The summed E-state index contributed by atoms with van der Waals surface area (Å²) < 4.78 is 52.9. The van der Waals surface area contributed by atoms with Gasteiger partial charge in [-0.3, -0.25) is 9.69 Å². The number of amides is 1. The van der Waals surface area contributed by atoms with E-state index in [2.05, 4.69) is 4.90 Å². The van der Waals surface area contributed by atoms with Crippen LogP contribution in [0.2, 0.25) is 0 Å². The number of likely N-dealkylation sites (N-methyl/N-ethyl adjacent to an activating group) is 1. The molecule has 4 nitrogen and oxygen atoms in total. The first-order valence-corrected chi connectivity index (χ1v) is 10.1. The molecular weight excluding hydrogens is 386 g/mol. The Morgan fingerprint density at radius 3 is 2.55 bits per heavy atom. The first-order chi connectivity index (χ1) is 13.5. The minimum absolute atomic E-state index is 0.156. The van der Waals surface area contributed by atoms with Crippen LogP contribution < -0.4 is 10.6 Å². The van der Waals surface area contributed by atoms with Crippen molar-refractivity contribution in [1.82, 2.24) is 4.90 Å². The van der Waals surface area contributed by atoms with Gasteiger partial charge in [0.1, 0.15) is 5.82 Å². The van der Waals surface area contributed by atoms with Gasteiger partial charge in [-0.15, -0.1) is 0 Å². The van der Waals surface area contributed by atoms with E-state index in [-0.39, 0.29) is 23.9 Å². The van der Waals surface area contributed by atoms with Crippen molar-refractivity contribution < 1.29 is 22.4 Å². The Bertz CT molecular complexity index is 752. The molecule has 8 heteroatoms. The minimum Gasteiger partial charge on any atom is -0.371 e. The zero-order valence-corrected chi connectivity index (χ0v) is 17.0. The number of carbonyl (C=O) groups excluding carboxylic acids is 1. The van der Waals surface area contributed by atoms with Crippen LogP contribution in [0.4, 0.5) is 23.2 Å². The molecule has 0 radical (unpaired) electrons. The van der Waals surface area contributed by atoms with Crippen molar-refractivity contribution in [3.8, 4) is 0 Å². The van der Waals surface area contributed by atoms with Crippen LogP contribution in [0.5, 0.6) is 0 Å². The van der Waals surface area contributed by atoms with Crippen LogP contribution in [-0.4, -0.2) is 43.0 Å². The van der Waals surface area contributed by atoms with E-state index in [1.54, 1.807) is 0 Å². The second-order valence-corrected chi connectivity index (χ2v) is 8.85. The molecule has 3 rings (SSSR count). The number of fused-ring (bicyclic) bond motifs is 1. The molecule has 1 heterocycles. The second kappa shape index (κ2) is 8.13. The summed E-state index contributed by atoms with van der Waals surface area (Å²) in [6.07, 6.45) is -2.14. The molecule has 1 amide bonds. The van der Waals surface area contributed by atoms with Gasteiger partial charge in [0.15, 0.2) is 0 Å². The van der Waals surface area contributed by atoms with Crippen molar-refractivity contribution in [2.24, 2.45) is 23.5 Å². The standard InChI is InChI=1S/C21H29F4N3O/c1-12(2)8-19(20(26)29)27(3)18-7-4-13-10-28(11-15(13)18)14-5-6-17(22)16(9-14)21(23,24)25/h5-6,9,12-13,15,18-19H,4,7-8,10-11H2,1-3H3,(H2,26,29)/t13-,15+,18+,19+/m1/s1. The highest BCUT2D eigenvalue weighted by Crippen LogP contribution is 2.43. The fourth-order valence-corrected chi connectivity index (χ4v) is 5.04. The van der Waals surface area contributed by atoms with Crippen molar-refractivity contribution in [1.29, 1.82) is 0 Å². The molecule has 1 aromatic carbocycles. The Hall–Kier alpha value is -1.83. The Balaban J connectivity index is 1.77. The number of hydrogen-bond donors (Lipinski definition) is 1. The normalized spacial score (nSPS) is 25.7. The predicted octanol–water partition coefficient (Wildman–Crippen LogP) is 3.89. The van der Waals surface area contributed by atoms with Crippen LogP contribution in [-0.2, 0) is 11.0 Å². The van der Waals surface area contributed by atoms with Crippen LogP contribution >= 0.6 is 0 Å². The van der Waals surface area contributed by atoms with E-state index in [9.17, 15) is 22.4 Å². The van der Waals surface area contributed by atoms with E-state index in [1.165, 1.54) is 6.07 Å². The largest absolute Gasteiger partial charge is 0.419 e. The first kappa shape index (κ1) is 21.9. The fourth-order valence-electron chi connectivity index (χ4n) is 5.04. The maximum atomic E-state index is 13.6. The van der Waals surface area contributed by atoms with Crippen molar-refractivity contribution in [2.45, 2.75) is 51.4 Å². The Labute approximate surface area is 169 Å². The van der Waals surface area contributed by atoms with Gasteiger partial charge >= 0.3 is 6.18 Å². The lowest BCUT2D eigenvalue weighted by atomic mass is 9.94. The zero-order valence-electron chi connectivity index (χ0n) is 17.0. The molecule has 1 aliphatic heterocycles. The SMILES string of the molecule is CC(C)C[C@@H](C(N)=O)N(C)[C@H]1CC[C@@H]2CN(c3ccc(F)c(C(F)(F)F)c3)C[C@@H]21. The highest BCUT2D eigenvalue weighted by molar-refractivity contribution is 5.79. The van der Waals surface area contributed by atoms with Gasteiger partial charge in [0.2, 0.25) is 5.91 Å². The number of rotatable bonds is 6. The van der Waals surface area contributed by atoms with Crippen molar-refractivity contribution >= 4 is 11.6 Å². The Kier molecular flexibility index (Phi) is 6.13. The molecule has 1 aromatic rings. The summed E-state index contributed by atoms with van der Waals surface area (Å²) in [7, 11) is 1.92. The minimum atomic E-state index is -4.72. The average Bonchev–Trinajstić information content (AvgIpc) is 3.18. The third-order valence-electron chi connectivity index (χ3n) is 6.48. The molecular formula is C21H29F4N3O. The van der Waals surface area contributed by atoms with Gasteiger partial charge in [0, 0.05) is 24.8 Å². The van der Waals surface area contributed by atoms with Gasteiger partial charge in [0.25, 0.3) is 0 Å². The van der Waals surface area contributed by atoms with E-state index in [0.717, 1.165) is 25.0 Å². The molecule has 4 atom stereocenters. The third kappa shape index (κ3) is 4.52. The summed E-state index contributed by atoms with van der Waals surface area (Å²) in [5.74, 6) is -0.681. The molecule has 1 saturated carbocycles. The summed E-state index contributed by atoms with van der Waals surface area (Å²) in [5, 5.41) is 0. The monoisotopic (exact) mass is 415 g/mol. The number of alkyl halides is 3. The van der Waals surface area contributed by atoms with Gasteiger partial charge in [0.05, 0.1) is 11.6 Å². The maximum Gasteiger partial charge on any atom is 0.419 e. The lowest BCUT2D eigenvalue weighted by molar-refractivity contribution is -0.140. The number of primary amides is 1. The second-order valence-electron chi connectivity index (χ2n) is 8.85. The molecule has 2 N–H and O–H groups in total. The van der Waals surface area contributed by atoms with Crippen LogP contribution in [0.3, 0.4) is 0 Å². The van der Waals surface area contributed by atoms with Gasteiger partial charge in [-0.2, -0.15) is 13.2 Å². The quantitative estimate of drug-likeness (QED) is 0.717. The van der Waals surface area contributed by atoms with Crippen molar-refractivity contribution in [3.63, 3.8) is 0 Å². The number of nitrogens with two attached hydrogens (primary N) is 1. The van der Waals surface area contributed by atoms with E-state index >= 15 is 0 Å². The Morgan fingerprint density at radius 1 is 1.28 bits per heavy atom. The number of anilines is 1. The van der Waals surface area contributed by atoms with E-state index in [1.807, 2.05) is 25.8 Å². The topological polar surface area (TPSA) is 49.6 Å². The molecule has 1 saturated heterocycles. The summed E-state index contributed by atoms with van der Waals surface area (Å²) in [4.78, 5) is 16.0. The average molecular weight is 415 g/mol. The molecule has 29 heavy (non-hydrogen) atoms. The van der Waals surface area contributed by atoms with Gasteiger partial charge < -0.3 is 10.6 Å². The lowest BCUT2D eigenvalue weighted by Crippen LogP contribution is -2.50. The number of benzene rings is 1. The van der Waals surface area contributed by atoms with Crippen LogP contribution in [0, 0.1) is 23.6 Å². The summed E-state index contributed by atoms with van der Waals surface area (Å²) in [5.41, 5.74) is 4.81. The van der Waals surface area contributed by atoms with Gasteiger partial charge in [-0.05, 0) is 62.3 Å². The van der Waals surface area contributed by atoms with Crippen molar-refractivity contribution in [2.75, 3.05) is 25.0 Å². The number of hydrogen-bond acceptors (Lipinski definition) is 3. The molecule has 162 valence electrons. The highest BCUT2D eigenvalue weighted by Gasteiger charge is 2.46. The maximum absolute atomic E-state index is 13.6. The molecule has 2 fully saturated rings. The summed E-state index contributed by atoms with van der Waals surface area (Å²) >= 11 is 0. The van der Waals surface area contributed by atoms with Crippen LogP contribution in [0.25, 0.3) is 0 Å². The van der Waals surface area contributed by atoms with Crippen LogP contribution in [0.1, 0.15) is 38.7 Å². The molecule has 2 aliphatic rings. The van der Waals surface area contributed by atoms with E-state index in [0.29, 0.717) is 37.0 Å². The summed E-state index contributed by atoms with van der Waals surface area (Å²) in [6, 6.07) is 3.01. The number of carbonyl (C=O) groups is 1. The molecule has 0 aromatic heterocycles. The zero-order chi connectivity index (χ0) is 21.5. The number of nitrogens with zero attached hydrogens (tertiary/aromatic N) is 2. The van der Waals surface area contributed by atoms with Gasteiger partial charge in [-0.1, -0.05) is 13.8 Å². The molecule has 0 bridgehead atoms. The van der Waals surface area contributed by atoms with Crippen LogP contribution in [0.15, 0.2) is 18.2 Å². The van der Waals surface area contributed by atoms with Crippen molar-refractivity contribution in [3.05, 3.63) is 29.6 Å². The third-order valence-corrected chi connectivity index (χ3v) is 6.48. The van der Waals surface area contributed by atoms with Gasteiger partial charge in [-0.25, -0.2) is 4.39 Å².